The van der Waals surface area contributed by atoms with Crippen molar-refractivity contribution >= 4 is 16.1 Å². The molecular formula is C14H33NSi2. The molecule has 1 unspecified atom stereocenters. The molecule has 17 heavy (non-hydrogen) atoms. The molecule has 0 fully saturated rings. The van der Waals surface area contributed by atoms with Crippen molar-refractivity contribution in [3.8, 4) is 0 Å². The van der Waals surface area contributed by atoms with Crippen molar-refractivity contribution in [2.75, 3.05) is 6.17 Å². The van der Waals surface area contributed by atoms with Gasteiger partial charge in [0.2, 0.25) is 0 Å². The lowest BCUT2D eigenvalue weighted by Gasteiger charge is -2.40. The van der Waals surface area contributed by atoms with Crippen molar-refractivity contribution in [3.63, 3.8) is 0 Å². The minimum absolute atomic E-state index is 0.470. The van der Waals surface area contributed by atoms with Gasteiger partial charge in [-0.05, 0) is 17.6 Å². The van der Waals surface area contributed by atoms with E-state index < -0.39 is 16.1 Å². The van der Waals surface area contributed by atoms with Crippen molar-refractivity contribution in [2.45, 2.75) is 71.0 Å². The van der Waals surface area contributed by atoms with Crippen LogP contribution in [-0.4, -0.2) is 28.0 Å². The number of rotatable bonds is 6. The normalized spacial score (nSPS) is 15.8. The highest BCUT2D eigenvalue weighted by molar-refractivity contribution is 6.84. The summed E-state index contributed by atoms with van der Waals surface area (Å²) in [5, 5.41) is 4.33. The average molecular weight is 272 g/mol. The lowest BCUT2D eigenvalue weighted by molar-refractivity contribution is 0.633. The van der Waals surface area contributed by atoms with Crippen molar-refractivity contribution in [1.29, 1.82) is 0 Å². The summed E-state index contributed by atoms with van der Waals surface area (Å²) in [6, 6.07) is 0. The van der Waals surface area contributed by atoms with E-state index in [4.69, 9.17) is 0 Å². The molecule has 0 saturated heterocycles. The molecule has 0 rings (SSSR count). The monoisotopic (exact) mass is 271 g/mol. The predicted molar refractivity (Wildman–Crippen MR) is 87.0 cm³/mol. The van der Waals surface area contributed by atoms with Gasteiger partial charge >= 0.3 is 0 Å². The van der Waals surface area contributed by atoms with Crippen LogP contribution in [0.1, 0.15) is 34.1 Å². The zero-order chi connectivity index (χ0) is 13.9. The van der Waals surface area contributed by atoms with E-state index in [-0.39, 0.29) is 0 Å². The van der Waals surface area contributed by atoms with E-state index in [9.17, 15) is 0 Å². The van der Waals surface area contributed by atoms with E-state index in [1.807, 2.05) is 0 Å². The third kappa shape index (κ3) is 4.72. The second-order valence-electron chi connectivity index (χ2n) is 7.50. The maximum atomic E-state index is 4.03. The third-order valence-corrected chi connectivity index (χ3v) is 13.3. The zero-order valence-corrected chi connectivity index (χ0v) is 15.3. The Bertz CT molecular complexity index is 251. The summed E-state index contributed by atoms with van der Waals surface area (Å²) in [6.45, 7) is 23.3. The second-order valence-corrected chi connectivity index (χ2v) is 17.9. The van der Waals surface area contributed by atoms with Crippen molar-refractivity contribution in [3.05, 3.63) is 12.3 Å². The van der Waals surface area contributed by atoms with Crippen LogP contribution in [0.25, 0.3) is 0 Å². The molecule has 0 aliphatic rings. The second kappa shape index (κ2) is 5.85. The molecular weight excluding hydrogens is 238 g/mol. The summed E-state index contributed by atoms with van der Waals surface area (Å²) in [6.07, 6.45) is 2.44. The van der Waals surface area contributed by atoms with Gasteiger partial charge in [-0.3, -0.25) is 0 Å². The number of hydrogen-bond donors (Lipinski definition) is 1. The largest absolute Gasteiger partial charge is 0.319 e. The molecule has 0 aromatic rings. The first kappa shape index (κ1) is 17.1. The predicted octanol–water partition coefficient (Wildman–Crippen LogP) is 4.38. The highest BCUT2D eigenvalue weighted by Gasteiger charge is 2.36. The maximum absolute atomic E-state index is 4.03. The fourth-order valence-electron chi connectivity index (χ4n) is 1.72. The minimum Gasteiger partial charge on any atom is -0.319 e. The van der Waals surface area contributed by atoms with Crippen LogP contribution in [0.15, 0.2) is 12.3 Å². The van der Waals surface area contributed by atoms with Crippen LogP contribution in [0.5, 0.6) is 0 Å². The van der Waals surface area contributed by atoms with Crippen LogP contribution in [-0.2, 0) is 0 Å². The van der Waals surface area contributed by atoms with Gasteiger partial charge in [0, 0.05) is 5.67 Å². The molecule has 0 aliphatic carbocycles. The summed E-state index contributed by atoms with van der Waals surface area (Å²) >= 11 is 0. The molecule has 0 aromatic heterocycles. The van der Waals surface area contributed by atoms with E-state index >= 15 is 0 Å². The standard InChI is InChI=1S/C14H33NSi2/c1-10-13(16(6,7)11-2)15-12-17(8,9)14(3,4)5/h11,13,15H,2,10,12H2,1,3-9H3. The maximum Gasteiger partial charge on any atom is 0.0889 e. The van der Waals surface area contributed by atoms with Crippen LogP contribution >= 0.6 is 0 Å². The zero-order valence-electron chi connectivity index (χ0n) is 13.3. The van der Waals surface area contributed by atoms with Gasteiger partial charge in [0.15, 0.2) is 0 Å². The van der Waals surface area contributed by atoms with Crippen molar-refractivity contribution in [1.82, 2.24) is 5.32 Å². The van der Waals surface area contributed by atoms with E-state index in [0.29, 0.717) is 10.7 Å². The van der Waals surface area contributed by atoms with Gasteiger partial charge in [-0.15, -0.1) is 12.3 Å². The molecule has 0 aliphatic heterocycles. The molecule has 0 bridgehead atoms. The van der Waals surface area contributed by atoms with Gasteiger partial charge in [-0.1, -0.05) is 53.9 Å². The Kier molecular flexibility index (Phi) is 5.90. The summed E-state index contributed by atoms with van der Waals surface area (Å²) < 4.78 is 0. The van der Waals surface area contributed by atoms with Gasteiger partial charge in [0.1, 0.15) is 0 Å². The van der Waals surface area contributed by atoms with Gasteiger partial charge < -0.3 is 5.32 Å². The Labute approximate surface area is 111 Å². The fraction of sp³-hybridized carbons (Fsp3) is 0.857. The Morgan fingerprint density at radius 3 is 1.94 bits per heavy atom. The molecule has 102 valence electrons. The topological polar surface area (TPSA) is 12.0 Å². The lowest BCUT2D eigenvalue weighted by Crippen LogP contribution is -2.56. The minimum atomic E-state index is -1.29. The molecule has 1 atom stereocenters. The fourth-order valence-corrected chi connectivity index (χ4v) is 5.18. The first-order valence-electron chi connectivity index (χ1n) is 6.85. The molecule has 0 saturated carbocycles. The average Bonchev–Trinajstić information content (AvgIpc) is 2.16. The molecule has 0 spiro atoms. The highest BCUT2D eigenvalue weighted by atomic mass is 28.3. The number of hydrogen-bond acceptors (Lipinski definition) is 1. The molecule has 3 heteroatoms. The third-order valence-electron chi connectivity index (χ3n) is 4.65. The van der Waals surface area contributed by atoms with Crippen LogP contribution in [0.4, 0.5) is 0 Å². The smallest absolute Gasteiger partial charge is 0.0889 e. The highest BCUT2D eigenvalue weighted by Crippen LogP contribution is 2.35. The Balaban J connectivity index is 4.60. The van der Waals surface area contributed by atoms with Gasteiger partial charge in [-0.2, -0.15) is 0 Å². The van der Waals surface area contributed by atoms with E-state index in [1.165, 1.54) is 12.6 Å². The summed E-state index contributed by atoms with van der Waals surface area (Å²) in [5.74, 6) is 0. The van der Waals surface area contributed by atoms with E-state index in [2.05, 4.69) is 71.5 Å². The molecule has 0 radical (unpaired) electrons. The van der Waals surface area contributed by atoms with E-state index in [1.54, 1.807) is 0 Å². The van der Waals surface area contributed by atoms with Crippen LogP contribution in [0, 0.1) is 0 Å². The number of nitrogens with one attached hydrogen (secondary N) is 1. The lowest BCUT2D eigenvalue weighted by atomic mass is 10.2. The van der Waals surface area contributed by atoms with Gasteiger partial charge in [0.05, 0.1) is 16.1 Å². The van der Waals surface area contributed by atoms with Crippen LogP contribution in [0.3, 0.4) is 0 Å². The Hall–Kier alpha value is 0.134. The summed E-state index contributed by atoms with van der Waals surface area (Å²) in [7, 11) is -2.49. The quantitative estimate of drug-likeness (QED) is 0.707. The van der Waals surface area contributed by atoms with Crippen molar-refractivity contribution < 1.29 is 0 Å². The van der Waals surface area contributed by atoms with Gasteiger partial charge in [-0.25, -0.2) is 0 Å². The summed E-state index contributed by atoms with van der Waals surface area (Å²) in [4.78, 5) is 0. The van der Waals surface area contributed by atoms with E-state index in [0.717, 1.165) is 0 Å². The first-order valence-corrected chi connectivity index (χ1v) is 13.2. The van der Waals surface area contributed by atoms with Crippen LogP contribution in [0.2, 0.25) is 31.2 Å². The van der Waals surface area contributed by atoms with Crippen molar-refractivity contribution in [2.24, 2.45) is 0 Å². The van der Waals surface area contributed by atoms with Gasteiger partial charge in [0.25, 0.3) is 0 Å². The first-order chi connectivity index (χ1) is 7.48. The van der Waals surface area contributed by atoms with Crippen LogP contribution < -0.4 is 5.32 Å². The Morgan fingerprint density at radius 1 is 1.18 bits per heavy atom. The molecule has 0 aromatic carbocycles. The molecule has 1 nitrogen and oxygen atoms in total. The summed E-state index contributed by atoms with van der Waals surface area (Å²) in [5.41, 5.74) is 2.90. The Morgan fingerprint density at radius 2 is 1.65 bits per heavy atom. The molecule has 1 N–H and O–H groups in total. The molecule has 0 heterocycles. The SMILES string of the molecule is C=C[Si](C)(C)C(CC)NC[Si](C)(C)C(C)(C)C. The molecule has 0 amide bonds.